The monoisotopic (exact) mass is 263 g/mol. The summed E-state index contributed by atoms with van der Waals surface area (Å²) in [7, 11) is 0. The fourth-order valence-electron chi connectivity index (χ4n) is 2.74. The first-order valence-electron chi connectivity index (χ1n) is 7.10. The molecule has 19 heavy (non-hydrogen) atoms. The van der Waals surface area contributed by atoms with Crippen LogP contribution >= 0.6 is 0 Å². The molecule has 0 radical (unpaired) electrons. The number of hydrogen-bond donors (Lipinski definition) is 1. The van der Waals surface area contributed by atoms with Crippen LogP contribution in [0.25, 0.3) is 0 Å². The van der Waals surface area contributed by atoms with Crippen LogP contribution in [0.4, 0.5) is 0 Å². The van der Waals surface area contributed by atoms with Crippen molar-refractivity contribution in [1.82, 2.24) is 4.90 Å². The summed E-state index contributed by atoms with van der Waals surface area (Å²) in [5, 5.41) is 9.70. The fraction of sp³-hybridized carbons (Fsp3) is 0.600. The largest absolute Gasteiger partial charge is 0.490 e. The van der Waals surface area contributed by atoms with Crippen LogP contribution in [0.1, 0.15) is 24.8 Å². The molecule has 0 aliphatic carbocycles. The first-order valence-corrected chi connectivity index (χ1v) is 7.10. The second-order valence-electron chi connectivity index (χ2n) is 5.36. The molecule has 4 nitrogen and oxygen atoms in total. The van der Waals surface area contributed by atoms with Gasteiger partial charge in [0.2, 0.25) is 0 Å². The van der Waals surface area contributed by atoms with Crippen molar-refractivity contribution in [3.05, 3.63) is 23.8 Å². The Bertz CT molecular complexity index is 435. The minimum atomic E-state index is -0.172. The minimum Gasteiger partial charge on any atom is -0.490 e. The summed E-state index contributed by atoms with van der Waals surface area (Å²) in [6.45, 7) is 4.15. The molecule has 2 heterocycles. The number of nitrogens with zero attached hydrogens (tertiary/aromatic N) is 1. The first-order chi connectivity index (χ1) is 9.31. The van der Waals surface area contributed by atoms with Crippen molar-refractivity contribution in [3.8, 4) is 11.5 Å². The third-order valence-corrected chi connectivity index (χ3v) is 3.70. The van der Waals surface area contributed by atoms with Gasteiger partial charge in [-0.2, -0.15) is 0 Å². The molecule has 4 heteroatoms. The van der Waals surface area contributed by atoms with Crippen LogP contribution in [0.5, 0.6) is 11.5 Å². The Morgan fingerprint density at radius 1 is 1.16 bits per heavy atom. The quantitative estimate of drug-likeness (QED) is 0.883. The molecule has 1 aromatic rings. The Kier molecular flexibility index (Phi) is 3.89. The summed E-state index contributed by atoms with van der Waals surface area (Å²) >= 11 is 0. The molecule has 0 aromatic heterocycles. The van der Waals surface area contributed by atoms with Crippen molar-refractivity contribution >= 4 is 0 Å². The third-order valence-electron chi connectivity index (χ3n) is 3.70. The lowest BCUT2D eigenvalue weighted by atomic mass is 10.1. The number of aliphatic hydroxyl groups excluding tert-OH is 1. The summed E-state index contributed by atoms with van der Waals surface area (Å²) in [6.07, 6.45) is 2.76. The van der Waals surface area contributed by atoms with E-state index < -0.39 is 0 Å². The normalized spacial score (nSPS) is 23.9. The van der Waals surface area contributed by atoms with E-state index in [2.05, 4.69) is 17.0 Å². The zero-order valence-electron chi connectivity index (χ0n) is 11.2. The number of aliphatic hydroxyl groups is 1. The lowest BCUT2D eigenvalue weighted by molar-refractivity contribution is 0.0668. The standard InChI is InChI=1S/C15H21NO3/c17-13-3-1-6-16(11-13)10-12-4-5-14-15(9-12)19-8-2-7-18-14/h4-5,9,13,17H,1-3,6-8,10-11H2. The molecule has 3 rings (SSSR count). The second-order valence-corrected chi connectivity index (χ2v) is 5.36. The van der Waals surface area contributed by atoms with Crippen molar-refractivity contribution in [2.24, 2.45) is 0 Å². The van der Waals surface area contributed by atoms with Crippen LogP contribution in [0, 0.1) is 0 Å². The van der Waals surface area contributed by atoms with E-state index in [1.807, 2.05) is 6.07 Å². The SMILES string of the molecule is OC1CCCN(Cc2ccc3c(c2)OCCCO3)C1. The maximum Gasteiger partial charge on any atom is 0.161 e. The van der Waals surface area contributed by atoms with Crippen molar-refractivity contribution in [2.75, 3.05) is 26.3 Å². The van der Waals surface area contributed by atoms with Crippen molar-refractivity contribution < 1.29 is 14.6 Å². The highest BCUT2D eigenvalue weighted by Crippen LogP contribution is 2.31. The number of likely N-dealkylation sites (tertiary alicyclic amines) is 1. The number of fused-ring (bicyclic) bond motifs is 1. The van der Waals surface area contributed by atoms with Crippen LogP contribution in [-0.4, -0.2) is 42.4 Å². The lowest BCUT2D eigenvalue weighted by Crippen LogP contribution is -2.37. The van der Waals surface area contributed by atoms with Gasteiger partial charge in [-0.25, -0.2) is 0 Å². The molecule has 1 atom stereocenters. The topological polar surface area (TPSA) is 41.9 Å². The molecular weight excluding hydrogens is 242 g/mol. The van der Waals surface area contributed by atoms with Gasteiger partial charge in [0.15, 0.2) is 11.5 Å². The highest BCUT2D eigenvalue weighted by atomic mass is 16.5. The van der Waals surface area contributed by atoms with E-state index in [9.17, 15) is 5.11 Å². The number of piperidine rings is 1. The summed E-state index contributed by atoms with van der Waals surface area (Å²) in [6, 6.07) is 6.16. The molecule has 1 fully saturated rings. The Balaban J connectivity index is 1.69. The van der Waals surface area contributed by atoms with E-state index in [1.165, 1.54) is 5.56 Å². The molecule has 104 valence electrons. The number of benzene rings is 1. The molecule has 1 aromatic carbocycles. The van der Waals surface area contributed by atoms with E-state index >= 15 is 0 Å². The van der Waals surface area contributed by atoms with Gasteiger partial charge in [-0.3, -0.25) is 4.90 Å². The van der Waals surface area contributed by atoms with Crippen LogP contribution in [0.2, 0.25) is 0 Å². The van der Waals surface area contributed by atoms with Crippen molar-refractivity contribution in [2.45, 2.75) is 31.9 Å². The average Bonchev–Trinajstić information content (AvgIpc) is 2.63. The van der Waals surface area contributed by atoms with Gasteiger partial charge >= 0.3 is 0 Å². The van der Waals surface area contributed by atoms with Crippen LogP contribution in [-0.2, 0) is 6.54 Å². The number of rotatable bonds is 2. The van der Waals surface area contributed by atoms with E-state index in [0.717, 1.165) is 63.6 Å². The molecule has 1 unspecified atom stereocenters. The molecule has 2 aliphatic rings. The molecule has 1 N–H and O–H groups in total. The zero-order chi connectivity index (χ0) is 13.1. The molecule has 0 spiro atoms. The summed E-state index contributed by atoms with van der Waals surface area (Å²) in [4.78, 5) is 2.30. The Morgan fingerprint density at radius 3 is 2.84 bits per heavy atom. The molecule has 2 aliphatic heterocycles. The van der Waals surface area contributed by atoms with Crippen LogP contribution in [0.15, 0.2) is 18.2 Å². The van der Waals surface area contributed by atoms with Gasteiger partial charge in [-0.05, 0) is 37.1 Å². The smallest absolute Gasteiger partial charge is 0.161 e. The Morgan fingerprint density at radius 2 is 2.00 bits per heavy atom. The molecule has 0 saturated carbocycles. The fourth-order valence-corrected chi connectivity index (χ4v) is 2.74. The average molecular weight is 263 g/mol. The lowest BCUT2D eigenvalue weighted by Gasteiger charge is -2.30. The zero-order valence-corrected chi connectivity index (χ0v) is 11.2. The van der Waals surface area contributed by atoms with Crippen molar-refractivity contribution in [1.29, 1.82) is 0 Å². The van der Waals surface area contributed by atoms with Gasteiger partial charge in [0.1, 0.15) is 0 Å². The van der Waals surface area contributed by atoms with E-state index in [-0.39, 0.29) is 6.10 Å². The third kappa shape index (κ3) is 3.19. The van der Waals surface area contributed by atoms with Crippen molar-refractivity contribution in [3.63, 3.8) is 0 Å². The predicted octanol–water partition coefficient (Wildman–Crippen LogP) is 1.80. The van der Waals surface area contributed by atoms with Crippen LogP contribution in [0.3, 0.4) is 0 Å². The predicted molar refractivity (Wildman–Crippen MR) is 72.6 cm³/mol. The summed E-state index contributed by atoms with van der Waals surface area (Å²) in [5.74, 6) is 1.70. The summed E-state index contributed by atoms with van der Waals surface area (Å²) in [5.41, 5.74) is 1.22. The summed E-state index contributed by atoms with van der Waals surface area (Å²) < 4.78 is 11.3. The highest BCUT2D eigenvalue weighted by Gasteiger charge is 2.18. The van der Waals surface area contributed by atoms with Gasteiger partial charge in [0.25, 0.3) is 0 Å². The van der Waals surface area contributed by atoms with Gasteiger partial charge < -0.3 is 14.6 Å². The maximum atomic E-state index is 9.70. The van der Waals surface area contributed by atoms with Gasteiger partial charge in [0, 0.05) is 19.5 Å². The number of β-amino-alcohol motifs (C(OH)–C–C–N with tert-alkyl or cyclic N) is 1. The Labute approximate surface area is 113 Å². The first kappa shape index (κ1) is 12.8. The van der Waals surface area contributed by atoms with Crippen LogP contribution < -0.4 is 9.47 Å². The Hall–Kier alpha value is -1.26. The molecule has 1 saturated heterocycles. The van der Waals surface area contributed by atoms with E-state index in [0.29, 0.717) is 0 Å². The molecule has 0 bridgehead atoms. The number of hydrogen-bond acceptors (Lipinski definition) is 4. The highest BCUT2D eigenvalue weighted by molar-refractivity contribution is 5.43. The minimum absolute atomic E-state index is 0.172. The van der Waals surface area contributed by atoms with Gasteiger partial charge in [-0.15, -0.1) is 0 Å². The van der Waals surface area contributed by atoms with E-state index in [1.54, 1.807) is 0 Å². The maximum absolute atomic E-state index is 9.70. The number of ether oxygens (including phenoxy) is 2. The molecular formula is C15H21NO3. The van der Waals surface area contributed by atoms with Gasteiger partial charge in [-0.1, -0.05) is 6.07 Å². The van der Waals surface area contributed by atoms with Gasteiger partial charge in [0.05, 0.1) is 19.3 Å². The second kappa shape index (κ2) is 5.80. The molecule has 0 amide bonds. The van der Waals surface area contributed by atoms with E-state index in [4.69, 9.17) is 9.47 Å².